The highest BCUT2D eigenvalue weighted by Crippen LogP contribution is 2.66. The molecular weight excluding hydrogens is 380 g/mol. The lowest BCUT2D eigenvalue weighted by Gasteiger charge is -2.10. The minimum absolute atomic E-state index is 0.0796. The van der Waals surface area contributed by atoms with E-state index in [-0.39, 0.29) is 7.56 Å². The summed E-state index contributed by atoms with van der Waals surface area (Å²) in [5, 5.41) is 0. The molecule has 1 unspecified atom stereocenters. The summed E-state index contributed by atoms with van der Waals surface area (Å²) in [6.07, 6.45) is 2.10. The van der Waals surface area contributed by atoms with Crippen LogP contribution in [0.5, 0.6) is 0 Å². The predicted octanol–water partition coefficient (Wildman–Crippen LogP) is 3.45. The van der Waals surface area contributed by atoms with Gasteiger partial charge in [0.1, 0.15) is 0 Å². The smallest absolute Gasteiger partial charge is 0.0973 e. The van der Waals surface area contributed by atoms with Gasteiger partial charge in [-0.15, -0.1) is 0 Å². The molecule has 0 spiro atoms. The standard InChI is InChI=1S/C9H15Br3O2/c1-2-13-5-6-14-4-3-8(10)7-9(8,11)12/h2-7H2,1H3. The lowest BCUT2D eigenvalue weighted by atomic mass is 10.3. The van der Waals surface area contributed by atoms with E-state index < -0.39 is 0 Å². The van der Waals surface area contributed by atoms with Crippen LogP contribution < -0.4 is 0 Å². The van der Waals surface area contributed by atoms with Gasteiger partial charge < -0.3 is 9.47 Å². The third-order valence-corrected chi connectivity index (χ3v) is 6.75. The minimum atomic E-state index is 0.0796. The monoisotopic (exact) mass is 392 g/mol. The fourth-order valence-electron chi connectivity index (χ4n) is 1.18. The van der Waals surface area contributed by atoms with Gasteiger partial charge in [0, 0.05) is 13.2 Å². The topological polar surface area (TPSA) is 18.5 Å². The van der Waals surface area contributed by atoms with Crippen LogP contribution in [-0.4, -0.2) is 34.0 Å². The zero-order chi connectivity index (χ0) is 10.7. The third-order valence-electron chi connectivity index (χ3n) is 2.25. The summed E-state index contributed by atoms with van der Waals surface area (Å²) in [4.78, 5) is 0. The van der Waals surface area contributed by atoms with Gasteiger partial charge in [0.15, 0.2) is 0 Å². The number of alkyl halides is 3. The Balaban J connectivity index is 1.95. The molecule has 1 atom stereocenters. The van der Waals surface area contributed by atoms with E-state index in [1.807, 2.05) is 6.92 Å². The predicted molar refractivity (Wildman–Crippen MR) is 68.8 cm³/mol. The van der Waals surface area contributed by atoms with Crippen molar-refractivity contribution in [2.75, 3.05) is 26.4 Å². The first-order valence-corrected chi connectivity index (χ1v) is 7.12. The summed E-state index contributed by atoms with van der Waals surface area (Å²) in [5.74, 6) is 0. The Bertz CT molecular complexity index is 187. The van der Waals surface area contributed by atoms with E-state index in [1.165, 1.54) is 0 Å². The Morgan fingerprint density at radius 3 is 2.14 bits per heavy atom. The van der Waals surface area contributed by atoms with Crippen LogP contribution in [0.1, 0.15) is 19.8 Å². The fourth-order valence-corrected chi connectivity index (χ4v) is 3.87. The van der Waals surface area contributed by atoms with Crippen LogP contribution in [0, 0.1) is 0 Å². The van der Waals surface area contributed by atoms with Gasteiger partial charge in [-0.25, -0.2) is 0 Å². The van der Waals surface area contributed by atoms with Crippen LogP contribution in [0.2, 0.25) is 0 Å². The summed E-state index contributed by atoms with van der Waals surface area (Å²) < 4.78 is 10.9. The Morgan fingerprint density at radius 2 is 1.64 bits per heavy atom. The lowest BCUT2D eigenvalue weighted by molar-refractivity contribution is 0.0515. The average molecular weight is 395 g/mol. The van der Waals surface area contributed by atoms with Gasteiger partial charge in [-0.3, -0.25) is 0 Å². The fraction of sp³-hybridized carbons (Fsp3) is 1.00. The van der Waals surface area contributed by atoms with E-state index in [0.29, 0.717) is 13.2 Å². The highest BCUT2D eigenvalue weighted by atomic mass is 79.9. The molecule has 0 aromatic rings. The Morgan fingerprint density at radius 1 is 1.07 bits per heavy atom. The largest absolute Gasteiger partial charge is 0.379 e. The van der Waals surface area contributed by atoms with Crippen molar-refractivity contribution in [1.29, 1.82) is 0 Å². The van der Waals surface area contributed by atoms with E-state index in [0.717, 1.165) is 26.1 Å². The summed E-state index contributed by atoms with van der Waals surface area (Å²) in [6, 6.07) is 0. The molecule has 0 amide bonds. The van der Waals surface area contributed by atoms with Crippen molar-refractivity contribution in [3.63, 3.8) is 0 Å². The molecular formula is C9H15Br3O2. The SMILES string of the molecule is CCOCCOCCC1(Br)CC1(Br)Br. The zero-order valence-corrected chi connectivity index (χ0v) is 13.0. The van der Waals surface area contributed by atoms with E-state index in [4.69, 9.17) is 9.47 Å². The van der Waals surface area contributed by atoms with Crippen LogP contribution >= 0.6 is 47.8 Å². The maximum absolute atomic E-state index is 5.45. The Kier molecular flexibility index (Phi) is 5.39. The van der Waals surface area contributed by atoms with Crippen molar-refractivity contribution >= 4 is 47.8 Å². The van der Waals surface area contributed by atoms with Crippen LogP contribution in [0.4, 0.5) is 0 Å². The summed E-state index contributed by atoms with van der Waals surface area (Å²) >= 11 is 10.9. The van der Waals surface area contributed by atoms with Crippen molar-refractivity contribution < 1.29 is 9.47 Å². The molecule has 2 nitrogen and oxygen atoms in total. The van der Waals surface area contributed by atoms with Gasteiger partial charge >= 0.3 is 0 Å². The van der Waals surface area contributed by atoms with Crippen LogP contribution in [0.3, 0.4) is 0 Å². The second-order valence-electron chi connectivity index (χ2n) is 3.41. The van der Waals surface area contributed by atoms with E-state index >= 15 is 0 Å². The number of halogens is 3. The van der Waals surface area contributed by atoms with Crippen molar-refractivity contribution in [2.24, 2.45) is 0 Å². The molecule has 1 rings (SSSR count). The first kappa shape index (κ1) is 13.4. The Hall–Kier alpha value is 1.36. The first-order valence-electron chi connectivity index (χ1n) is 4.74. The van der Waals surface area contributed by atoms with Gasteiger partial charge in [-0.2, -0.15) is 0 Å². The Labute approximate surface area is 110 Å². The van der Waals surface area contributed by atoms with E-state index in [2.05, 4.69) is 47.8 Å². The molecule has 5 heteroatoms. The average Bonchev–Trinajstić information content (AvgIpc) is 2.59. The molecule has 0 N–H and O–H groups in total. The highest BCUT2D eigenvalue weighted by Gasteiger charge is 2.63. The van der Waals surface area contributed by atoms with E-state index in [1.54, 1.807) is 0 Å². The highest BCUT2D eigenvalue weighted by molar-refractivity contribution is 9.26. The third kappa shape index (κ3) is 3.74. The molecule has 84 valence electrons. The minimum Gasteiger partial charge on any atom is -0.379 e. The molecule has 0 bridgehead atoms. The molecule has 0 aromatic carbocycles. The van der Waals surface area contributed by atoms with E-state index in [9.17, 15) is 0 Å². The van der Waals surface area contributed by atoms with Crippen LogP contribution in [0.25, 0.3) is 0 Å². The summed E-state index contributed by atoms with van der Waals surface area (Å²) in [7, 11) is 0. The lowest BCUT2D eigenvalue weighted by Crippen LogP contribution is -2.13. The van der Waals surface area contributed by atoms with Crippen molar-refractivity contribution in [3.8, 4) is 0 Å². The molecule has 0 saturated heterocycles. The number of hydrogen-bond acceptors (Lipinski definition) is 2. The summed E-state index contributed by atoms with van der Waals surface area (Å²) in [6.45, 7) is 4.91. The number of hydrogen-bond donors (Lipinski definition) is 0. The molecule has 0 radical (unpaired) electrons. The first-order chi connectivity index (χ1) is 6.52. The molecule has 14 heavy (non-hydrogen) atoms. The molecule has 1 saturated carbocycles. The van der Waals surface area contributed by atoms with Gasteiger partial charge in [0.25, 0.3) is 0 Å². The quantitative estimate of drug-likeness (QED) is 0.486. The van der Waals surface area contributed by atoms with Gasteiger partial charge in [-0.05, 0) is 19.8 Å². The summed E-state index contributed by atoms with van der Waals surface area (Å²) in [5.41, 5.74) is 0. The van der Waals surface area contributed by atoms with Crippen LogP contribution in [-0.2, 0) is 9.47 Å². The van der Waals surface area contributed by atoms with Gasteiger partial charge in [0.2, 0.25) is 0 Å². The number of rotatable bonds is 7. The second-order valence-corrected chi connectivity index (χ2v) is 8.70. The van der Waals surface area contributed by atoms with Gasteiger partial charge in [0.05, 0.1) is 20.8 Å². The van der Waals surface area contributed by atoms with Crippen LogP contribution in [0.15, 0.2) is 0 Å². The van der Waals surface area contributed by atoms with Crippen molar-refractivity contribution in [3.05, 3.63) is 0 Å². The molecule has 0 aromatic heterocycles. The second kappa shape index (κ2) is 5.62. The van der Waals surface area contributed by atoms with Crippen molar-refractivity contribution in [2.45, 2.75) is 27.3 Å². The normalized spacial score (nSPS) is 29.1. The maximum Gasteiger partial charge on any atom is 0.0973 e. The molecule has 1 aliphatic rings. The van der Waals surface area contributed by atoms with Gasteiger partial charge in [-0.1, -0.05) is 47.8 Å². The van der Waals surface area contributed by atoms with Crippen molar-refractivity contribution in [1.82, 2.24) is 0 Å². The maximum atomic E-state index is 5.45. The zero-order valence-electron chi connectivity index (χ0n) is 8.19. The molecule has 1 aliphatic carbocycles. The molecule has 1 fully saturated rings. The molecule has 0 aliphatic heterocycles. The molecule has 0 heterocycles. The number of ether oxygens (including phenoxy) is 2.